The minimum Gasteiger partial charge on any atom is -1.00 e. The predicted octanol–water partition coefficient (Wildman–Crippen LogP) is 0.405. The quantitative estimate of drug-likeness (QED) is 0.659. The Kier molecular flexibility index (Phi) is 5.55. The van der Waals surface area contributed by atoms with E-state index in [4.69, 9.17) is 9.47 Å². The van der Waals surface area contributed by atoms with Crippen molar-refractivity contribution in [3.8, 4) is 11.5 Å². The fourth-order valence-electron chi connectivity index (χ4n) is 2.62. The summed E-state index contributed by atoms with van der Waals surface area (Å²) in [5.74, 6) is 1.15. The normalized spacial score (nSPS) is 10.2. The molecule has 0 saturated heterocycles. The van der Waals surface area contributed by atoms with Gasteiger partial charge in [-0.1, -0.05) is 12.1 Å². The summed E-state index contributed by atoms with van der Waals surface area (Å²) in [7, 11) is 3.23. The van der Waals surface area contributed by atoms with Crippen LogP contribution in [0.15, 0.2) is 48.8 Å². The molecule has 0 amide bonds. The third-order valence-electron chi connectivity index (χ3n) is 3.68. The number of benzene rings is 2. The number of fused-ring (bicyclic) bond motifs is 1. The monoisotopic (exact) mass is 377 g/mol. The lowest BCUT2D eigenvalue weighted by Crippen LogP contribution is -3.00. The van der Waals surface area contributed by atoms with Crippen molar-refractivity contribution in [1.29, 1.82) is 0 Å². The first kappa shape index (κ1) is 17.2. The van der Waals surface area contributed by atoms with Crippen LogP contribution in [0.3, 0.4) is 0 Å². The van der Waals surface area contributed by atoms with Crippen molar-refractivity contribution in [3.63, 3.8) is 0 Å². The van der Waals surface area contributed by atoms with Crippen molar-refractivity contribution in [3.05, 3.63) is 65.7 Å². The van der Waals surface area contributed by atoms with Crippen LogP contribution in [0.2, 0.25) is 0 Å². The predicted molar refractivity (Wildman–Crippen MR) is 82.8 cm³/mol. The van der Waals surface area contributed by atoms with Crippen LogP contribution < -0.4 is 31.4 Å². The smallest absolute Gasteiger partial charge is 0.175 e. The topological polar surface area (TPSA) is 32.6 Å². The number of aromatic amines is 1. The van der Waals surface area contributed by atoms with Gasteiger partial charge in [-0.3, -0.25) is 0 Å². The lowest BCUT2D eigenvalue weighted by molar-refractivity contribution is -0.376. The Balaban J connectivity index is 0.00000192. The average Bonchev–Trinajstić information content (AvgIpc) is 2.54. The van der Waals surface area contributed by atoms with Gasteiger partial charge in [-0.2, -0.15) is 0 Å². The minimum atomic E-state index is -0.221. The Morgan fingerprint density at radius 1 is 1.00 bits per heavy atom. The molecule has 0 aliphatic heterocycles. The fourth-order valence-corrected chi connectivity index (χ4v) is 2.62. The second kappa shape index (κ2) is 7.42. The van der Waals surface area contributed by atoms with Gasteiger partial charge in [0.2, 0.25) is 0 Å². The van der Waals surface area contributed by atoms with E-state index in [0.29, 0.717) is 17.9 Å². The van der Waals surface area contributed by atoms with Gasteiger partial charge in [-0.15, -0.1) is 0 Å². The molecule has 0 radical (unpaired) electrons. The minimum absolute atomic E-state index is 0. The Hall–Kier alpha value is -2.14. The number of hydrogen-bond acceptors (Lipinski definition) is 2. The summed E-state index contributed by atoms with van der Waals surface area (Å²) >= 11 is 0. The second-order valence-corrected chi connectivity index (χ2v) is 5.08. The molecule has 1 heterocycles. The summed E-state index contributed by atoms with van der Waals surface area (Å²) in [6, 6.07) is 10.5. The first-order valence-electron chi connectivity index (χ1n) is 7.00. The number of pyridine rings is 1. The van der Waals surface area contributed by atoms with Crippen LogP contribution in [0.4, 0.5) is 4.39 Å². The van der Waals surface area contributed by atoms with Crippen LogP contribution in [-0.4, -0.2) is 14.2 Å². The molecule has 3 aromatic rings. The number of hydrogen-bond donors (Lipinski definition) is 0. The summed E-state index contributed by atoms with van der Waals surface area (Å²) in [4.78, 5) is 3.14. The van der Waals surface area contributed by atoms with Gasteiger partial charge < -0.3 is 26.5 Å². The molecule has 1 N–H and O–H groups in total. The summed E-state index contributed by atoms with van der Waals surface area (Å²) < 4.78 is 24.1. The Morgan fingerprint density at radius 3 is 2.43 bits per heavy atom. The van der Waals surface area contributed by atoms with Crippen LogP contribution in [0.5, 0.6) is 11.5 Å². The van der Waals surface area contributed by atoms with Crippen LogP contribution in [0, 0.1) is 5.82 Å². The zero-order valence-electron chi connectivity index (χ0n) is 12.9. The molecule has 3 nitrogen and oxygen atoms in total. The number of H-pyrrole nitrogens is 1. The molecular weight excluding hydrogens is 361 g/mol. The average molecular weight is 378 g/mol. The van der Waals surface area contributed by atoms with Gasteiger partial charge >= 0.3 is 0 Å². The highest BCUT2D eigenvalue weighted by molar-refractivity contribution is 5.87. The van der Waals surface area contributed by atoms with Gasteiger partial charge in [-0.25, -0.2) is 9.37 Å². The van der Waals surface area contributed by atoms with Crippen molar-refractivity contribution in [2.45, 2.75) is 6.42 Å². The van der Waals surface area contributed by atoms with Gasteiger partial charge in [0.1, 0.15) is 5.82 Å². The molecule has 0 atom stereocenters. The van der Waals surface area contributed by atoms with Gasteiger partial charge in [-0.05, 0) is 29.8 Å². The van der Waals surface area contributed by atoms with Gasteiger partial charge in [0.25, 0.3) is 0 Å². The number of rotatable bonds is 4. The summed E-state index contributed by atoms with van der Waals surface area (Å²) in [6.07, 6.45) is 4.48. The van der Waals surface area contributed by atoms with Crippen LogP contribution >= 0.6 is 0 Å². The Morgan fingerprint density at radius 2 is 1.74 bits per heavy atom. The van der Waals surface area contributed by atoms with E-state index in [9.17, 15) is 4.39 Å². The molecule has 23 heavy (non-hydrogen) atoms. The molecule has 0 aliphatic rings. The molecule has 120 valence electrons. The van der Waals surface area contributed by atoms with E-state index in [1.165, 1.54) is 6.07 Å². The number of methoxy groups -OCH3 is 2. The highest BCUT2D eigenvalue weighted by Gasteiger charge is 2.12. The van der Waals surface area contributed by atoms with Crippen molar-refractivity contribution < 1.29 is 35.8 Å². The van der Waals surface area contributed by atoms with E-state index < -0.39 is 0 Å². The SMILES string of the molecule is COc1cc2c[nH+]cc(Cc3cccc(F)c3)c2cc1OC.[Br-]. The number of nitrogens with one attached hydrogen (secondary N) is 1. The molecule has 5 heteroatoms. The molecule has 2 aromatic carbocycles. The number of aromatic nitrogens is 1. The summed E-state index contributed by atoms with van der Waals surface area (Å²) in [6.45, 7) is 0. The maximum Gasteiger partial charge on any atom is 0.175 e. The highest BCUT2D eigenvalue weighted by atomic mass is 79.9. The zero-order valence-corrected chi connectivity index (χ0v) is 14.5. The first-order chi connectivity index (χ1) is 10.7. The van der Waals surface area contributed by atoms with Crippen molar-refractivity contribution >= 4 is 10.8 Å². The molecule has 0 saturated carbocycles. The van der Waals surface area contributed by atoms with E-state index in [1.54, 1.807) is 26.4 Å². The van der Waals surface area contributed by atoms with Crippen molar-refractivity contribution in [1.82, 2.24) is 0 Å². The maximum absolute atomic E-state index is 13.4. The van der Waals surface area contributed by atoms with E-state index in [0.717, 1.165) is 21.9 Å². The summed E-state index contributed by atoms with van der Waals surface area (Å²) in [5.41, 5.74) is 2.00. The van der Waals surface area contributed by atoms with Crippen molar-refractivity contribution in [2.75, 3.05) is 14.2 Å². The van der Waals surface area contributed by atoms with Gasteiger partial charge in [0.05, 0.1) is 14.2 Å². The van der Waals surface area contributed by atoms with E-state index in [-0.39, 0.29) is 22.8 Å². The van der Waals surface area contributed by atoms with E-state index in [1.807, 2.05) is 30.6 Å². The molecule has 0 unspecified atom stereocenters. The third-order valence-corrected chi connectivity index (χ3v) is 3.68. The largest absolute Gasteiger partial charge is 1.00 e. The maximum atomic E-state index is 13.4. The molecule has 3 rings (SSSR count). The molecule has 0 spiro atoms. The molecule has 0 bridgehead atoms. The van der Waals surface area contributed by atoms with Gasteiger partial charge in [0, 0.05) is 22.8 Å². The first-order valence-corrected chi connectivity index (χ1v) is 7.00. The highest BCUT2D eigenvalue weighted by Crippen LogP contribution is 2.33. The molecule has 0 fully saturated rings. The lowest BCUT2D eigenvalue weighted by atomic mass is 10.0. The Labute approximate surface area is 144 Å². The van der Waals surface area contributed by atoms with Crippen LogP contribution in [-0.2, 0) is 6.42 Å². The standard InChI is InChI=1S/C18H16FNO2.BrH/c1-21-17-8-14-11-20-10-13(16(14)9-18(17)22-2)6-12-4-3-5-15(19)7-12;/h3-5,7-11H,6H2,1-2H3;1H. The number of halogens is 2. The van der Waals surface area contributed by atoms with Crippen LogP contribution in [0.25, 0.3) is 10.8 Å². The summed E-state index contributed by atoms with van der Waals surface area (Å²) in [5, 5.41) is 2.08. The zero-order chi connectivity index (χ0) is 15.5. The molecule has 1 aromatic heterocycles. The third kappa shape index (κ3) is 3.62. The number of ether oxygens (including phenoxy) is 2. The molecule has 0 aliphatic carbocycles. The van der Waals surface area contributed by atoms with Crippen LogP contribution in [0.1, 0.15) is 11.1 Å². The molecular formula is C18H17BrFNO2. The fraction of sp³-hybridized carbons (Fsp3) is 0.167. The Bertz CT molecular complexity index is 823. The van der Waals surface area contributed by atoms with Crippen molar-refractivity contribution in [2.24, 2.45) is 0 Å². The second-order valence-electron chi connectivity index (χ2n) is 5.08. The van der Waals surface area contributed by atoms with E-state index in [2.05, 4.69) is 4.98 Å². The van der Waals surface area contributed by atoms with E-state index >= 15 is 0 Å². The lowest BCUT2D eigenvalue weighted by Gasteiger charge is -2.10. The van der Waals surface area contributed by atoms with Gasteiger partial charge in [0.15, 0.2) is 23.9 Å².